The van der Waals surface area contributed by atoms with Gasteiger partial charge in [0, 0.05) is 32.6 Å². The maximum atomic E-state index is 12.7. The third-order valence-corrected chi connectivity index (χ3v) is 6.22. The van der Waals surface area contributed by atoms with Crippen LogP contribution in [0.15, 0.2) is 18.2 Å². The first-order valence-corrected chi connectivity index (χ1v) is 10.0. The number of rotatable bonds is 4. The molecule has 0 unspecified atom stereocenters. The SMILES string of the molecule is Cc1nc2cc(CNC(=O)[C@@H]3CCC(=O)N(C4CCCC4)C3)ccc2n1C. The van der Waals surface area contributed by atoms with E-state index in [1.165, 1.54) is 12.8 Å². The first kappa shape index (κ1) is 18.0. The highest BCUT2D eigenvalue weighted by molar-refractivity contribution is 5.84. The number of carbonyl (C=O) groups is 2. The number of nitrogens with one attached hydrogen (secondary N) is 1. The van der Waals surface area contributed by atoms with Gasteiger partial charge in [0.25, 0.3) is 0 Å². The fraction of sp³-hybridized carbons (Fsp3) is 0.571. The van der Waals surface area contributed by atoms with Crippen LogP contribution in [0.1, 0.15) is 49.9 Å². The maximum Gasteiger partial charge on any atom is 0.225 e. The molecule has 2 aliphatic rings. The number of imidazole rings is 1. The largest absolute Gasteiger partial charge is 0.352 e. The van der Waals surface area contributed by atoms with Crippen LogP contribution in [0.3, 0.4) is 0 Å². The van der Waals surface area contributed by atoms with E-state index >= 15 is 0 Å². The molecule has 0 spiro atoms. The number of aromatic nitrogens is 2. The zero-order chi connectivity index (χ0) is 19.0. The van der Waals surface area contributed by atoms with E-state index in [-0.39, 0.29) is 17.7 Å². The molecule has 2 aromatic rings. The minimum atomic E-state index is -0.0934. The Morgan fingerprint density at radius 1 is 1.26 bits per heavy atom. The Morgan fingerprint density at radius 2 is 2.04 bits per heavy atom. The first-order valence-electron chi connectivity index (χ1n) is 10.0. The van der Waals surface area contributed by atoms with Gasteiger partial charge in [0.2, 0.25) is 11.8 Å². The highest BCUT2D eigenvalue weighted by Gasteiger charge is 2.35. The number of likely N-dealkylation sites (tertiary alicyclic amines) is 1. The maximum absolute atomic E-state index is 12.7. The van der Waals surface area contributed by atoms with Crippen LogP contribution < -0.4 is 5.32 Å². The first-order chi connectivity index (χ1) is 13.0. The molecule has 0 bridgehead atoms. The summed E-state index contributed by atoms with van der Waals surface area (Å²) in [6, 6.07) is 6.48. The number of nitrogens with zero attached hydrogens (tertiary/aromatic N) is 3. The summed E-state index contributed by atoms with van der Waals surface area (Å²) in [7, 11) is 2.01. The lowest BCUT2D eigenvalue weighted by molar-refractivity contribution is -0.140. The van der Waals surface area contributed by atoms with E-state index in [0.29, 0.717) is 32.0 Å². The van der Waals surface area contributed by atoms with Gasteiger partial charge < -0.3 is 14.8 Å². The number of aryl methyl sites for hydroxylation is 2. The second-order valence-corrected chi connectivity index (χ2v) is 7.98. The molecule has 0 radical (unpaired) electrons. The van der Waals surface area contributed by atoms with Crippen molar-refractivity contribution in [2.75, 3.05) is 6.54 Å². The minimum absolute atomic E-state index is 0.0581. The Kier molecular flexibility index (Phi) is 4.89. The average molecular weight is 368 g/mol. The highest BCUT2D eigenvalue weighted by atomic mass is 16.2. The van der Waals surface area contributed by atoms with Crippen molar-refractivity contribution >= 4 is 22.8 Å². The van der Waals surface area contributed by atoms with E-state index in [9.17, 15) is 9.59 Å². The van der Waals surface area contributed by atoms with Crippen molar-refractivity contribution in [1.29, 1.82) is 0 Å². The number of fused-ring (bicyclic) bond motifs is 1. The van der Waals surface area contributed by atoms with Gasteiger partial charge in [-0.25, -0.2) is 4.98 Å². The van der Waals surface area contributed by atoms with E-state index in [1.807, 2.05) is 31.0 Å². The molecular formula is C21H28N4O2. The lowest BCUT2D eigenvalue weighted by Crippen LogP contribution is -2.49. The van der Waals surface area contributed by atoms with Crippen LogP contribution in [0.25, 0.3) is 11.0 Å². The van der Waals surface area contributed by atoms with Gasteiger partial charge in [-0.3, -0.25) is 9.59 Å². The minimum Gasteiger partial charge on any atom is -0.352 e. The Bertz CT molecular complexity index is 866. The molecule has 1 N–H and O–H groups in total. The summed E-state index contributed by atoms with van der Waals surface area (Å²) in [5.41, 5.74) is 3.10. The van der Waals surface area contributed by atoms with Gasteiger partial charge in [-0.1, -0.05) is 18.9 Å². The van der Waals surface area contributed by atoms with E-state index in [0.717, 1.165) is 35.3 Å². The standard InChI is InChI=1S/C21H28N4O2/c1-14-23-18-11-15(7-9-19(18)24(14)2)12-22-21(27)16-8-10-20(26)25(13-16)17-5-3-4-6-17/h7,9,11,16-17H,3-6,8,10,12-13H2,1-2H3,(H,22,27)/t16-/m1/s1. The molecule has 1 atom stereocenters. The highest BCUT2D eigenvalue weighted by Crippen LogP contribution is 2.28. The van der Waals surface area contributed by atoms with Crippen LogP contribution in [-0.2, 0) is 23.2 Å². The average Bonchev–Trinajstić information content (AvgIpc) is 3.29. The van der Waals surface area contributed by atoms with Crippen LogP contribution in [0, 0.1) is 12.8 Å². The fourth-order valence-corrected chi connectivity index (χ4v) is 4.46. The quantitative estimate of drug-likeness (QED) is 0.902. The van der Waals surface area contributed by atoms with Crippen molar-refractivity contribution in [2.24, 2.45) is 13.0 Å². The summed E-state index contributed by atoms with van der Waals surface area (Å²) >= 11 is 0. The van der Waals surface area contributed by atoms with E-state index in [2.05, 4.69) is 20.9 Å². The molecule has 1 aromatic carbocycles. The van der Waals surface area contributed by atoms with Gasteiger partial charge in [0.05, 0.1) is 17.0 Å². The predicted molar refractivity (Wildman–Crippen MR) is 104 cm³/mol. The van der Waals surface area contributed by atoms with Crippen molar-refractivity contribution in [3.8, 4) is 0 Å². The molecule has 6 nitrogen and oxygen atoms in total. The summed E-state index contributed by atoms with van der Waals surface area (Å²) in [5.74, 6) is 1.17. The molecule has 2 fully saturated rings. The fourth-order valence-electron chi connectivity index (χ4n) is 4.46. The van der Waals surface area contributed by atoms with E-state index in [4.69, 9.17) is 0 Å². The van der Waals surface area contributed by atoms with E-state index < -0.39 is 0 Å². The number of carbonyl (C=O) groups excluding carboxylic acids is 2. The Hall–Kier alpha value is -2.37. The number of benzene rings is 1. The van der Waals surface area contributed by atoms with Crippen LogP contribution in [0.2, 0.25) is 0 Å². The van der Waals surface area contributed by atoms with Gasteiger partial charge in [-0.15, -0.1) is 0 Å². The third-order valence-electron chi connectivity index (χ3n) is 6.22. The molecule has 144 valence electrons. The van der Waals surface area contributed by atoms with Crippen LogP contribution in [-0.4, -0.2) is 38.9 Å². The molecule has 4 rings (SSSR count). The summed E-state index contributed by atoms with van der Waals surface area (Å²) in [6.45, 7) is 3.06. The zero-order valence-electron chi connectivity index (χ0n) is 16.2. The molecule has 27 heavy (non-hydrogen) atoms. The van der Waals surface area contributed by atoms with E-state index in [1.54, 1.807) is 0 Å². The van der Waals surface area contributed by atoms with Crippen molar-refractivity contribution in [3.05, 3.63) is 29.6 Å². The topological polar surface area (TPSA) is 67.2 Å². The summed E-state index contributed by atoms with van der Waals surface area (Å²) < 4.78 is 2.06. The van der Waals surface area contributed by atoms with Crippen LogP contribution in [0.5, 0.6) is 0 Å². The molecule has 6 heteroatoms. The number of amides is 2. The number of hydrogen-bond donors (Lipinski definition) is 1. The van der Waals surface area contributed by atoms with Crippen LogP contribution >= 0.6 is 0 Å². The van der Waals surface area contributed by atoms with Crippen molar-refractivity contribution in [3.63, 3.8) is 0 Å². The van der Waals surface area contributed by atoms with Gasteiger partial charge in [-0.05, 0) is 43.9 Å². The monoisotopic (exact) mass is 368 g/mol. The molecule has 1 saturated heterocycles. The zero-order valence-corrected chi connectivity index (χ0v) is 16.2. The summed E-state index contributed by atoms with van der Waals surface area (Å²) in [6.07, 6.45) is 5.72. The number of hydrogen-bond acceptors (Lipinski definition) is 3. The second-order valence-electron chi connectivity index (χ2n) is 7.98. The molecule has 1 aliphatic heterocycles. The third kappa shape index (κ3) is 3.57. The molecular weight excluding hydrogens is 340 g/mol. The van der Waals surface area contributed by atoms with Gasteiger partial charge in [0.15, 0.2) is 0 Å². The lowest BCUT2D eigenvalue weighted by atomic mass is 9.94. The van der Waals surface area contributed by atoms with Gasteiger partial charge in [0.1, 0.15) is 5.82 Å². The molecule has 2 heterocycles. The molecule has 1 saturated carbocycles. The summed E-state index contributed by atoms with van der Waals surface area (Å²) in [4.78, 5) is 31.5. The second kappa shape index (κ2) is 7.33. The predicted octanol–water partition coefficient (Wildman–Crippen LogP) is 2.68. The van der Waals surface area contributed by atoms with Crippen molar-refractivity contribution in [2.45, 2.75) is 58.0 Å². The molecule has 1 aliphatic carbocycles. The summed E-state index contributed by atoms with van der Waals surface area (Å²) in [5, 5.41) is 3.07. The van der Waals surface area contributed by atoms with Gasteiger partial charge in [-0.2, -0.15) is 0 Å². The molecule has 2 amide bonds. The van der Waals surface area contributed by atoms with Crippen molar-refractivity contribution < 1.29 is 9.59 Å². The Balaban J connectivity index is 1.38. The van der Waals surface area contributed by atoms with Crippen LogP contribution in [0.4, 0.5) is 0 Å². The Labute approximate surface area is 159 Å². The normalized spacial score (nSPS) is 21.2. The van der Waals surface area contributed by atoms with Crippen molar-refractivity contribution in [1.82, 2.24) is 19.8 Å². The lowest BCUT2D eigenvalue weighted by Gasteiger charge is -2.36. The Morgan fingerprint density at radius 3 is 2.81 bits per heavy atom. The van der Waals surface area contributed by atoms with Gasteiger partial charge >= 0.3 is 0 Å². The number of piperidine rings is 1. The molecule has 1 aromatic heterocycles. The smallest absolute Gasteiger partial charge is 0.225 e.